The Morgan fingerprint density at radius 2 is 1.92 bits per heavy atom. The quantitative estimate of drug-likeness (QED) is 0.750. The van der Waals surface area contributed by atoms with E-state index in [0.717, 1.165) is 12.8 Å². The highest BCUT2D eigenvalue weighted by Gasteiger charge is 2.00. The number of phenolic OH excluding ortho intramolecular Hbond substituents is 1. The predicted octanol–water partition coefficient (Wildman–Crippen LogP) is 3.30. The molecule has 1 heteroatoms. The van der Waals surface area contributed by atoms with Gasteiger partial charge in [0, 0.05) is 0 Å². The van der Waals surface area contributed by atoms with Gasteiger partial charge in [0.1, 0.15) is 5.75 Å². The van der Waals surface area contributed by atoms with Crippen LogP contribution in [0.3, 0.4) is 0 Å². The first kappa shape index (κ1) is 10.1. The van der Waals surface area contributed by atoms with Gasteiger partial charge in [-0.05, 0) is 42.5 Å². The summed E-state index contributed by atoms with van der Waals surface area (Å²) in [4.78, 5) is 0. The Morgan fingerprint density at radius 1 is 1.15 bits per heavy atom. The Bertz CT molecular complexity index is 266. The lowest BCUT2D eigenvalue weighted by Gasteiger charge is -2.07. The Kier molecular flexibility index (Phi) is 3.81. The standard InChI is InChI=1S/C12H18O/c1-3-5-6-11-7-8-12(13)9-10(11)4-2/h7-9,13H,3-6H2,1-2H3. The van der Waals surface area contributed by atoms with Crippen molar-refractivity contribution in [1.29, 1.82) is 0 Å². The van der Waals surface area contributed by atoms with Crippen LogP contribution in [0.15, 0.2) is 18.2 Å². The van der Waals surface area contributed by atoms with Crippen molar-refractivity contribution in [2.45, 2.75) is 39.5 Å². The van der Waals surface area contributed by atoms with E-state index in [0.29, 0.717) is 5.75 Å². The predicted molar refractivity (Wildman–Crippen MR) is 56.1 cm³/mol. The molecule has 0 aliphatic heterocycles. The van der Waals surface area contributed by atoms with E-state index in [1.165, 1.54) is 24.0 Å². The Morgan fingerprint density at radius 3 is 2.54 bits per heavy atom. The van der Waals surface area contributed by atoms with Crippen molar-refractivity contribution in [2.75, 3.05) is 0 Å². The van der Waals surface area contributed by atoms with Crippen LogP contribution in [0.2, 0.25) is 0 Å². The van der Waals surface area contributed by atoms with Gasteiger partial charge in [0.15, 0.2) is 0 Å². The first-order valence-electron chi connectivity index (χ1n) is 5.08. The SMILES string of the molecule is CCCCc1ccc(O)cc1CC. The van der Waals surface area contributed by atoms with Crippen LogP contribution in [0.25, 0.3) is 0 Å². The lowest BCUT2D eigenvalue weighted by Crippen LogP contribution is -1.92. The molecule has 0 atom stereocenters. The summed E-state index contributed by atoms with van der Waals surface area (Å²) in [7, 11) is 0. The van der Waals surface area contributed by atoms with Gasteiger partial charge in [0.25, 0.3) is 0 Å². The smallest absolute Gasteiger partial charge is 0.115 e. The number of phenols is 1. The van der Waals surface area contributed by atoms with E-state index in [2.05, 4.69) is 13.8 Å². The van der Waals surface area contributed by atoms with Crippen LogP contribution >= 0.6 is 0 Å². The van der Waals surface area contributed by atoms with Crippen LogP contribution < -0.4 is 0 Å². The van der Waals surface area contributed by atoms with Gasteiger partial charge in [-0.1, -0.05) is 26.3 Å². The van der Waals surface area contributed by atoms with E-state index in [1.807, 2.05) is 12.1 Å². The molecular formula is C12H18O. The van der Waals surface area contributed by atoms with Gasteiger partial charge < -0.3 is 5.11 Å². The van der Waals surface area contributed by atoms with Crippen molar-refractivity contribution in [1.82, 2.24) is 0 Å². The molecule has 0 spiro atoms. The van der Waals surface area contributed by atoms with Gasteiger partial charge in [-0.25, -0.2) is 0 Å². The van der Waals surface area contributed by atoms with Gasteiger partial charge in [0.2, 0.25) is 0 Å². The molecule has 1 N–H and O–H groups in total. The number of unbranched alkanes of at least 4 members (excludes halogenated alkanes) is 1. The second-order valence-electron chi connectivity index (χ2n) is 3.41. The van der Waals surface area contributed by atoms with Crippen LogP contribution in [0.5, 0.6) is 5.75 Å². The summed E-state index contributed by atoms with van der Waals surface area (Å²) in [5.41, 5.74) is 2.68. The lowest BCUT2D eigenvalue weighted by molar-refractivity contribution is 0.474. The fraction of sp³-hybridized carbons (Fsp3) is 0.500. The molecule has 0 saturated carbocycles. The topological polar surface area (TPSA) is 20.2 Å². The van der Waals surface area contributed by atoms with E-state index in [-0.39, 0.29) is 0 Å². The van der Waals surface area contributed by atoms with Gasteiger partial charge in [-0.2, -0.15) is 0 Å². The van der Waals surface area contributed by atoms with E-state index in [9.17, 15) is 5.11 Å². The summed E-state index contributed by atoms with van der Waals surface area (Å²) in [5, 5.41) is 9.29. The third kappa shape index (κ3) is 2.76. The highest BCUT2D eigenvalue weighted by atomic mass is 16.3. The summed E-state index contributed by atoms with van der Waals surface area (Å²) in [5.74, 6) is 0.386. The number of aromatic hydroxyl groups is 1. The van der Waals surface area contributed by atoms with Crippen molar-refractivity contribution in [3.8, 4) is 5.75 Å². The first-order chi connectivity index (χ1) is 6.27. The second-order valence-corrected chi connectivity index (χ2v) is 3.41. The third-order valence-electron chi connectivity index (χ3n) is 2.37. The van der Waals surface area contributed by atoms with Crippen LogP contribution in [0.4, 0.5) is 0 Å². The molecule has 0 heterocycles. The van der Waals surface area contributed by atoms with Crippen LogP contribution in [-0.4, -0.2) is 5.11 Å². The highest BCUT2D eigenvalue weighted by molar-refractivity contribution is 5.34. The zero-order valence-corrected chi connectivity index (χ0v) is 8.51. The molecule has 13 heavy (non-hydrogen) atoms. The molecule has 72 valence electrons. The number of rotatable bonds is 4. The van der Waals surface area contributed by atoms with Gasteiger partial charge in [0.05, 0.1) is 0 Å². The van der Waals surface area contributed by atoms with Gasteiger partial charge in [-0.3, -0.25) is 0 Å². The number of hydrogen-bond donors (Lipinski definition) is 1. The minimum atomic E-state index is 0.386. The molecule has 1 rings (SSSR count). The first-order valence-corrected chi connectivity index (χ1v) is 5.08. The Labute approximate surface area is 80.4 Å². The summed E-state index contributed by atoms with van der Waals surface area (Å²) in [6.07, 6.45) is 4.61. The van der Waals surface area contributed by atoms with E-state index in [4.69, 9.17) is 0 Å². The minimum absolute atomic E-state index is 0.386. The molecule has 0 bridgehead atoms. The van der Waals surface area contributed by atoms with Crippen molar-refractivity contribution < 1.29 is 5.11 Å². The fourth-order valence-corrected chi connectivity index (χ4v) is 1.55. The van der Waals surface area contributed by atoms with Gasteiger partial charge >= 0.3 is 0 Å². The van der Waals surface area contributed by atoms with Crippen molar-refractivity contribution in [3.05, 3.63) is 29.3 Å². The van der Waals surface area contributed by atoms with Crippen molar-refractivity contribution in [3.63, 3.8) is 0 Å². The zero-order valence-electron chi connectivity index (χ0n) is 8.51. The molecule has 1 aromatic carbocycles. The molecule has 1 aromatic rings. The third-order valence-corrected chi connectivity index (χ3v) is 2.37. The molecular weight excluding hydrogens is 160 g/mol. The van der Waals surface area contributed by atoms with Gasteiger partial charge in [-0.15, -0.1) is 0 Å². The summed E-state index contributed by atoms with van der Waals surface area (Å²) in [6, 6.07) is 5.71. The maximum atomic E-state index is 9.29. The number of aryl methyl sites for hydroxylation is 2. The normalized spacial score (nSPS) is 10.3. The summed E-state index contributed by atoms with van der Waals surface area (Å²) in [6.45, 7) is 4.33. The Balaban J connectivity index is 2.79. The molecule has 0 saturated heterocycles. The van der Waals surface area contributed by atoms with Crippen LogP contribution in [0.1, 0.15) is 37.8 Å². The summed E-state index contributed by atoms with van der Waals surface area (Å²) >= 11 is 0. The summed E-state index contributed by atoms with van der Waals surface area (Å²) < 4.78 is 0. The average Bonchev–Trinajstić information content (AvgIpc) is 2.16. The molecule has 0 fully saturated rings. The maximum Gasteiger partial charge on any atom is 0.115 e. The van der Waals surface area contributed by atoms with Crippen LogP contribution in [0, 0.1) is 0 Å². The zero-order chi connectivity index (χ0) is 9.68. The lowest BCUT2D eigenvalue weighted by atomic mass is 10.00. The minimum Gasteiger partial charge on any atom is -0.508 e. The molecule has 0 aliphatic carbocycles. The molecule has 0 amide bonds. The maximum absolute atomic E-state index is 9.29. The average molecular weight is 178 g/mol. The van der Waals surface area contributed by atoms with Crippen molar-refractivity contribution in [2.24, 2.45) is 0 Å². The van der Waals surface area contributed by atoms with E-state index in [1.54, 1.807) is 6.07 Å². The molecule has 0 unspecified atom stereocenters. The monoisotopic (exact) mass is 178 g/mol. The molecule has 0 aliphatic rings. The number of hydrogen-bond acceptors (Lipinski definition) is 1. The van der Waals surface area contributed by atoms with E-state index >= 15 is 0 Å². The number of benzene rings is 1. The molecule has 0 aromatic heterocycles. The second kappa shape index (κ2) is 4.90. The van der Waals surface area contributed by atoms with Crippen LogP contribution in [-0.2, 0) is 12.8 Å². The largest absolute Gasteiger partial charge is 0.508 e. The fourth-order valence-electron chi connectivity index (χ4n) is 1.55. The van der Waals surface area contributed by atoms with E-state index < -0.39 is 0 Å². The van der Waals surface area contributed by atoms with Crippen molar-refractivity contribution >= 4 is 0 Å². The highest BCUT2D eigenvalue weighted by Crippen LogP contribution is 2.18. The Hall–Kier alpha value is -0.980. The molecule has 1 nitrogen and oxygen atoms in total. The molecule has 0 radical (unpaired) electrons.